The van der Waals surface area contributed by atoms with Crippen molar-refractivity contribution < 1.29 is 19.5 Å². The Kier molecular flexibility index (Phi) is 5.67. The van der Waals surface area contributed by atoms with Crippen molar-refractivity contribution >= 4 is 23.5 Å². The maximum atomic E-state index is 11.8. The molecule has 0 spiro atoms. The van der Waals surface area contributed by atoms with Gasteiger partial charge >= 0.3 is 17.8 Å². The molecule has 1 rings (SSSR count). The van der Waals surface area contributed by atoms with Crippen molar-refractivity contribution in [3.63, 3.8) is 0 Å². The molecular weight excluding hydrogens is 262 g/mol. The zero-order valence-electron chi connectivity index (χ0n) is 10.9. The summed E-state index contributed by atoms with van der Waals surface area (Å²) in [6, 6.07) is 5.96. The van der Waals surface area contributed by atoms with Crippen LogP contribution in [-0.2, 0) is 9.59 Å². The van der Waals surface area contributed by atoms with Crippen LogP contribution >= 0.6 is 0 Å². The first-order valence-corrected chi connectivity index (χ1v) is 6.12. The molecule has 1 aromatic rings. The summed E-state index contributed by atoms with van der Waals surface area (Å²) in [5.74, 6) is -3.24. The molecule has 20 heavy (non-hydrogen) atoms. The minimum Gasteiger partial charge on any atom is -0.478 e. The number of aromatic carboxylic acids is 1. The zero-order valence-corrected chi connectivity index (χ0v) is 10.9. The van der Waals surface area contributed by atoms with Crippen LogP contribution in [0.2, 0.25) is 0 Å². The third kappa shape index (κ3) is 3.79. The summed E-state index contributed by atoms with van der Waals surface area (Å²) in [4.78, 5) is 35.2. The molecule has 2 amide bonds. The van der Waals surface area contributed by atoms with E-state index in [1.807, 2.05) is 0 Å². The van der Waals surface area contributed by atoms with Gasteiger partial charge in [0.2, 0.25) is 0 Å². The van der Waals surface area contributed by atoms with E-state index >= 15 is 0 Å². The zero-order chi connectivity index (χ0) is 15.1. The second kappa shape index (κ2) is 7.25. The Hall–Kier alpha value is -2.41. The van der Waals surface area contributed by atoms with Crippen molar-refractivity contribution in [1.29, 1.82) is 0 Å². The first-order chi connectivity index (χ1) is 9.49. The van der Waals surface area contributed by atoms with Gasteiger partial charge in [0.1, 0.15) is 0 Å². The lowest BCUT2D eigenvalue weighted by molar-refractivity contribution is -0.135. The fourth-order valence-corrected chi connectivity index (χ4v) is 1.77. The van der Waals surface area contributed by atoms with Crippen LogP contribution in [0.25, 0.3) is 0 Å². The van der Waals surface area contributed by atoms with E-state index in [1.165, 1.54) is 12.1 Å². The van der Waals surface area contributed by atoms with Crippen LogP contribution in [0.4, 0.5) is 5.69 Å². The number of amides is 2. The summed E-state index contributed by atoms with van der Waals surface area (Å²) in [6.45, 7) is 0.627. The van der Waals surface area contributed by atoms with Gasteiger partial charge in [-0.3, -0.25) is 9.59 Å². The van der Waals surface area contributed by atoms with Crippen molar-refractivity contribution in [2.75, 3.05) is 18.0 Å². The summed E-state index contributed by atoms with van der Waals surface area (Å²) >= 11 is 0. The molecular formula is C13H17N3O4. The van der Waals surface area contributed by atoms with E-state index in [-0.39, 0.29) is 17.8 Å². The minimum atomic E-state index is -1.18. The first-order valence-electron chi connectivity index (χ1n) is 6.12. The van der Waals surface area contributed by atoms with Crippen LogP contribution in [0.1, 0.15) is 23.2 Å². The molecule has 0 atom stereocenters. The second-order valence-corrected chi connectivity index (χ2v) is 4.14. The molecule has 7 nitrogen and oxygen atoms in total. The van der Waals surface area contributed by atoms with Crippen molar-refractivity contribution in [3.05, 3.63) is 29.8 Å². The van der Waals surface area contributed by atoms with Gasteiger partial charge in [-0.1, -0.05) is 12.1 Å². The molecule has 0 saturated carbocycles. The predicted molar refractivity (Wildman–Crippen MR) is 73.2 cm³/mol. The average Bonchev–Trinajstić information content (AvgIpc) is 2.43. The van der Waals surface area contributed by atoms with Gasteiger partial charge in [-0.15, -0.1) is 0 Å². The normalized spacial score (nSPS) is 10.1. The van der Waals surface area contributed by atoms with E-state index in [4.69, 9.17) is 16.6 Å². The number of carboxylic acids is 1. The number of carboxylic acid groups (broad SMARTS) is 1. The summed E-state index contributed by atoms with van der Waals surface area (Å²) in [7, 11) is 0. The summed E-state index contributed by atoms with van der Waals surface area (Å²) < 4.78 is 0. The van der Waals surface area contributed by atoms with E-state index in [2.05, 4.69) is 0 Å². The number of nitrogens with two attached hydrogens (primary N) is 2. The molecule has 0 aromatic heterocycles. The van der Waals surface area contributed by atoms with Gasteiger partial charge in [0.15, 0.2) is 0 Å². The number of benzene rings is 1. The number of para-hydroxylation sites is 1. The number of hydrogen-bond acceptors (Lipinski definition) is 4. The highest BCUT2D eigenvalue weighted by atomic mass is 16.4. The molecule has 0 unspecified atom stereocenters. The van der Waals surface area contributed by atoms with Crippen LogP contribution in [0, 0.1) is 0 Å². The van der Waals surface area contributed by atoms with Crippen LogP contribution in [0.5, 0.6) is 0 Å². The van der Waals surface area contributed by atoms with Gasteiger partial charge in [-0.2, -0.15) is 0 Å². The lowest BCUT2D eigenvalue weighted by atomic mass is 10.1. The van der Waals surface area contributed by atoms with Crippen molar-refractivity contribution in [3.8, 4) is 0 Å². The first kappa shape index (κ1) is 15.6. The molecule has 5 N–H and O–H groups in total. The van der Waals surface area contributed by atoms with E-state index in [1.54, 1.807) is 12.1 Å². The topological polar surface area (TPSA) is 127 Å². The summed E-state index contributed by atoms with van der Waals surface area (Å²) in [5, 5.41) is 9.13. The number of carbonyl (C=O) groups excluding carboxylic acids is 2. The van der Waals surface area contributed by atoms with Crippen LogP contribution in [0.3, 0.4) is 0 Å². The lowest BCUT2D eigenvalue weighted by Gasteiger charge is -2.22. The van der Waals surface area contributed by atoms with Gasteiger partial charge < -0.3 is 21.5 Å². The van der Waals surface area contributed by atoms with Crippen molar-refractivity contribution in [2.45, 2.75) is 12.8 Å². The fourth-order valence-electron chi connectivity index (χ4n) is 1.77. The third-order valence-electron chi connectivity index (χ3n) is 2.72. The minimum absolute atomic E-state index is 0.0603. The Balaban J connectivity index is 3.12. The molecule has 0 saturated heterocycles. The quantitative estimate of drug-likeness (QED) is 0.496. The highest BCUT2D eigenvalue weighted by Crippen LogP contribution is 2.21. The van der Waals surface area contributed by atoms with Gasteiger partial charge in [-0.05, 0) is 31.5 Å². The predicted octanol–water partition coefficient (Wildman–Crippen LogP) is -0.0580. The summed E-state index contributed by atoms with van der Waals surface area (Å²) in [6.07, 6.45) is 1.20. The molecule has 0 radical (unpaired) electrons. The molecule has 0 aliphatic heterocycles. The highest BCUT2D eigenvalue weighted by molar-refractivity contribution is 6.40. The number of hydrogen-bond donors (Lipinski definition) is 3. The van der Waals surface area contributed by atoms with Crippen LogP contribution in [0.15, 0.2) is 24.3 Å². The number of nitrogens with zero attached hydrogens (tertiary/aromatic N) is 1. The average molecular weight is 279 g/mol. The maximum Gasteiger partial charge on any atom is 0.337 e. The third-order valence-corrected chi connectivity index (χ3v) is 2.72. The molecule has 108 valence electrons. The Morgan fingerprint density at radius 3 is 2.35 bits per heavy atom. The van der Waals surface area contributed by atoms with Gasteiger partial charge in [-0.25, -0.2) is 4.79 Å². The lowest BCUT2D eigenvalue weighted by Crippen LogP contribution is -2.41. The Morgan fingerprint density at radius 2 is 1.80 bits per heavy atom. The van der Waals surface area contributed by atoms with E-state index in [0.29, 0.717) is 19.4 Å². The standard InChI is InChI=1S/C13H17N3O4/c14-7-3-4-8-16(12(18)11(15)17)10-6-2-1-5-9(10)13(19)20/h1-2,5-6H,3-4,7-8,14H2,(H2,15,17)(H,19,20). The maximum absolute atomic E-state index is 11.8. The Labute approximate surface area is 116 Å². The number of anilines is 1. The monoisotopic (exact) mass is 279 g/mol. The summed E-state index contributed by atoms with van der Waals surface area (Å²) in [5.41, 5.74) is 10.5. The molecule has 0 fully saturated rings. The number of primary amides is 1. The molecule has 0 aliphatic rings. The van der Waals surface area contributed by atoms with Crippen LogP contribution < -0.4 is 16.4 Å². The molecule has 7 heteroatoms. The number of unbranched alkanes of at least 4 members (excludes halogenated alkanes) is 1. The fraction of sp³-hybridized carbons (Fsp3) is 0.308. The van der Waals surface area contributed by atoms with Crippen LogP contribution in [-0.4, -0.2) is 36.0 Å². The Bertz CT molecular complexity index is 516. The number of rotatable bonds is 6. The van der Waals surface area contributed by atoms with E-state index in [0.717, 1.165) is 4.90 Å². The largest absolute Gasteiger partial charge is 0.478 e. The molecule has 0 aliphatic carbocycles. The van der Waals surface area contributed by atoms with Gasteiger partial charge in [0, 0.05) is 6.54 Å². The molecule has 1 aromatic carbocycles. The SMILES string of the molecule is NCCCCN(C(=O)C(N)=O)c1ccccc1C(=O)O. The smallest absolute Gasteiger partial charge is 0.337 e. The molecule has 0 heterocycles. The molecule has 0 bridgehead atoms. The highest BCUT2D eigenvalue weighted by Gasteiger charge is 2.24. The Morgan fingerprint density at radius 1 is 1.15 bits per heavy atom. The second-order valence-electron chi connectivity index (χ2n) is 4.14. The van der Waals surface area contributed by atoms with Crippen molar-refractivity contribution in [1.82, 2.24) is 0 Å². The van der Waals surface area contributed by atoms with E-state index in [9.17, 15) is 14.4 Å². The van der Waals surface area contributed by atoms with E-state index < -0.39 is 17.8 Å². The van der Waals surface area contributed by atoms with Gasteiger partial charge in [0.25, 0.3) is 0 Å². The van der Waals surface area contributed by atoms with Crippen molar-refractivity contribution in [2.24, 2.45) is 11.5 Å². The van der Waals surface area contributed by atoms with Gasteiger partial charge in [0.05, 0.1) is 11.3 Å². The number of carbonyl (C=O) groups is 3.